The van der Waals surface area contributed by atoms with E-state index in [-0.39, 0.29) is 0 Å². The number of benzene rings is 1. The van der Waals surface area contributed by atoms with Crippen LogP contribution in [0.25, 0.3) is 5.69 Å². The Bertz CT molecular complexity index is 507. The lowest BCUT2D eigenvalue weighted by atomic mass is 10.3. The van der Waals surface area contributed by atoms with E-state index in [2.05, 4.69) is 29.4 Å². The molecule has 1 aromatic heterocycles. The van der Waals surface area contributed by atoms with Crippen molar-refractivity contribution in [3.8, 4) is 11.4 Å². The molecular weight excluding hydrogens is 228 g/mol. The van der Waals surface area contributed by atoms with E-state index in [0.717, 1.165) is 17.1 Å². The van der Waals surface area contributed by atoms with Crippen molar-refractivity contribution in [1.29, 1.82) is 0 Å². The topological polar surface area (TPSA) is 52.0 Å². The lowest BCUT2D eigenvalue weighted by Gasteiger charge is -2.06. The summed E-state index contributed by atoms with van der Waals surface area (Å²) < 4.78 is 5.29. The summed E-state index contributed by atoms with van der Waals surface area (Å²) in [5.41, 5.74) is 1.76. The number of rotatable bonds is 5. The molecule has 18 heavy (non-hydrogen) atoms. The van der Waals surface area contributed by atoms with E-state index in [9.17, 15) is 0 Å². The Balaban J connectivity index is 2.18. The van der Waals surface area contributed by atoms with Gasteiger partial charge in [0.1, 0.15) is 11.4 Å². The van der Waals surface area contributed by atoms with Crippen molar-refractivity contribution in [2.45, 2.75) is 26.4 Å². The average Bonchev–Trinajstić information content (AvgIpc) is 2.85. The van der Waals surface area contributed by atoms with Crippen LogP contribution in [0.2, 0.25) is 0 Å². The Morgan fingerprint density at radius 2 is 2.11 bits per heavy atom. The normalized spacial score (nSPS) is 10.9. The van der Waals surface area contributed by atoms with E-state index < -0.39 is 0 Å². The van der Waals surface area contributed by atoms with Gasteiger partial charge in [-0.3, -0.25) is 0 Å². The zero-order chi connectivity index (χ0) is 13.0. The van der Waals surface area contributed by atoms with Crippen LogP contribution in [0.5, 0.6) is 5.75 Å². The first-order chi connectivity index (χ1) is 8.70. The number of methoxy groups -OCH3 is 1. The number of hydrogen-bond donors (Lipinski definition) is 1. The molecule has 0 radical (unpaired) electrons. The highest BCUT2D eigenvalue weighted by Crippen LogP contribution is 2.20. The third kappa shape index (κ3) is 2.87. The summed E-state index contributed by atoms with van der Waals surface area (Å²) in [5.74, 6) is 0.761. The molecule has 0 fully saturated rings. The van der Waals surface area contributed by atoms with Crippen LogP contribution in [0.1, 0.15) is 19.5 Å². The highest BCUT2D eigenvalue weighted by Gasteiger charge is 2.07. The minimum absolute atomic E-state index is 0.432. The van der Waals surface area contributed by atoms with E-state index >= 15 is 0 Å². The Hall–Kier alpha value is -1.88. The van der Waals surface area contributed by atoms with Crippen LogP contribution in [-0.2, 0) is 6.54 Å². The first-order valence-corrected chi connectivity index (χ1v) is 5.98. The van der Waals surface area contributed by atoms with Crippen molar-refractivity contribution in [3.05, 3.63) is 36.2 Å². The molecule has 0 saturated heterocycles. The van der Waals surface area contributed by atoms with Crippen LogP contribution in [0.4, 0.5) is 0 Å². The monoisotopic (exact) mass is 246 g/mol. The first-order valence-electron chi connectivity index (χ1n) is 5.98. The first kappa shape index (κ1) is 12.6. The maximum atomic E-state index is 5.29. The van der Waals surface area contributed by atoms with Gasteiger partial charge in [0, 0.05) is 12.6 Å². The van der Waals surface area contributed by atoms with Crippen LogP contribution in [0.15, 0.2) is 30.5 Å². The molecule has 0 aliphatic heterocycles. The average molecular weight is 246 g/mol. The van der Waals surface area contributed by atoms with Crippen molar-refractivity contribution < 1.29 is 4.74 Å². The van der Waals surface area contributed by atoms with Crippen LogP contribution < -0.4 is 10.1 Å². The molecule has 1 heterocycles. The second-order valence-electron chi connectivity index (χ2n) is 4.33. The summed E-state index contributed by atoms with van der Waals surface area (Å²) in [6.07, 6.45) is 1.77. The minimum Gasteiger partial charge on any atom is -0.494 e. The Kier molecular flexibility index (Phi) is 3.94. The summed E-state index contributed by atoms with van der Waals surface area (Å²) in [7, 11) is 1.64. The van der Waals surface area contributed by atoms with Crippen molar-refractivity contribution in [3.63, 3.8) is 0 Å². The summed E-state index contributed by atoms with van der Waals surface area (Å²) in [4.78, 5) is 1.59. The molecule has 0 aliphatic carbocycles. The summed E-state index contributed by atoms with van der Waals surface area (Å²) >= 11 is 0. The van der Waals surface area contributed by atoms with Crippen molar-refractivity contribution in [2.24, 2.45) is 0 Å². The number of hydrogen-bond acceptors (Lipinski definition) is 4. The van der Waals surface area contributed by atoms with Gasteiger partial charge in [-0.1, -0.05) is 26.0 Å². The molecule has 1 aromatic carbocycles. The van der Waals surface area contributed by atoms with Gasteiger partial charge in [0.15, 0.2) is 0 Å². The predicted molar refractivity (Wildman–Crippen MR) is 69.9 cm³/mol. The molecule has 2 aromatic rings. The standard InChI is InChI=1S/C13H18N4O/c1-10(2)14-8-11-9-15-17(16-11)12-6-4-5-7-13(12)18-3/h4-7,9-10,14H,8H2,1-3H3. The molecule has 0 bridgehead atoms. The maximum Gasteiger partial charge on any atom is 0.146 e. The predicted octanol–water partition coefficient (Wildman–Crippen LogP) is 1.77. The zero-order valence-electron chi connectivity index (χ0n) is 10.9. The summed E-state index contributed by atoms with van der Waals surface area (Å²) in [5, 5.41) is 12.0. The quantitative estimate of drug-likeness (QED) is 0.873. The molecule has 0 amide bonds. The van der Waals surface area contributed by atoms with Crippen LogP contribution >= 0.6 is 0 Å². The number of para-hydroxylation sites is 2. The van der Waals surface area contributed by atoms with Gasteiger partial charge in [-0.25, -0.2) is 0 Å². The molecule has 5 heteroatoms. The minimum atomic E-state index is 0.432. The third-order valence-electron chi connectivity index (χ3n) is 2.53. The van der Waals surface area contributed by atoms with Gasteiger partial charge in [0.25, 0.3) is 0 Å². The van der Waals surface area contributed by atoms with Crippen molar-refractivity contribution >= 4 is 0 Å². The van der Waals surface area contributed by atoms with Gasteiger partial charge in [-0.2, -0.15) is 10.2 Å². The molecule has 0 atom stereocenters. The van der Waals surface area contributed by atoms with Crippen LogP contribution in [-0.4, -0.2) is 28.1 Å². The van der Waals surface area contributed by atoms with Gasteiger partial charge < -0.3 is 10.1 Å². The summed E-state index contributed by atoms with van der Waals surface area (Å²) in [6.45, 7) is 4.92. The molecule has 0 saturated carbocycles. The lowest BCUT2D eigenvalue weighted by molar-refractivity contribution is 0.410. The van der Waals surface area contributed by atoms with Gasteiger partial charge >= 0.3 is 0 Å². The van der Waals surface area contributed by atoms with E-state index in [1.807, 2.05) is 24.3 Å². The molecule has 1 N–H and O–H groups in total. The van der Waals surface area contributed by atoms with E-state index in [1.165, 1.54) is 0 Å². The Morgan fingerprint density at radius 3 is 2.83 bits per heavy atom. The molecular formula is C13H18N4O. The zero-order valence-corrected chi connectivity index (χ0v) is 10.9. The van der Waals surface area contributed by atoms with Crippen molar-refractivity contribution in [1.82, 2.24) is 20.3 Å². The largest absolute Gasteiger partial charge is 0.494 e. The van der Waals surface area contributed by atoms with Crippen LogP contribution in [0, 0.1) is 0 Å². The van der Waals surface area contributed by atoms with E-state index in [4.69, 9.17) is 4.74 Å². The molecule has 2 rings (SSSR count). The Morgan fingerprint density at radius 1 is 1.33 bits per heavy atom. The number of nitrogens with one attached hydrogen (secondary N) is 1. The fourth-order valence-corrected chi connectivity index (χ4v) is 1.60. The highest BCUT2D eigenvalue weighted by atomic mass is 16.5. The second-order valence-corrected chi connectivity index (χ2v) is 4.33. The molecule has 96 valence electrons. The number of nitrogens with zero attached hydrogens (tertiary/aromatic N) is 3. The second kappa shape index (κ2) is 5.64. The van der Waals surface area contributed by atoms with E-state index in [0.29, 0.717) is 12.6 Å². The number of aromatic nitrogens is 3. The molecule has 0 aliphatic rings. The van der Waals surface area contributed by atoms with Gasteiger partial charge in [0.2, 0.25) is 0 Å². The lowest BCUT2D eigenvalue weighted by Crippen LogP contribution is -2.22. The number of ether oxygens (including phenoxy) is 1. The SMILES string of the molecule is COc1ccccc1-n1ncc(CNC(C)C)n1. The fraction of sp³-hybridized carbons (Fsp3) is 0.385. The van der Waals surface area contributed by atoms with Gasteiger partial charge in [0.05, 0.1) is 19.0 Å². The van der Waals surface area contributed by atoms with Gasteiger partial charge in [-0.05, 0) is 12.1 Å². The molecule has 0 unspecified atom stereocenters. The van der Waals surface area contributed by atoms with E-state index in [1.54, 1.807) is 18.1 Å². The van der Waals surface area contributed by atoms with Crippen molar-refractivity contribution in [2.75, 3.05) is 7.11 Å². The molecule has 5 nitrogen and oxygen atoms in total. The smallest absolute Gasteiger partial charge is 0.146 e. The summed E-state index contributed by atoms with van der Waals surface area (Å²) in [6, 6.07) is 8.12. The van der Waals surface area contributed by atoms with Crippen LogP contribution in [0.3, 0.4) is 0 Å². The Labute approximate surface area is 107 Å². The highest BCUT2D eigenvalue weighted by molar-refractivity contribution is 5.44. The fourth-order valence-electron chi connectivity index (χ4n) is 1.60. The maximum absolute atomic E-state index is 5.29. The third-order valence-corrected chi connectivity index (χ3v) is 2.53. The van der Waals surface area contributed by atoms with Gasteiger partial charge in [-0.15, -0.1) is 4.80 Å². The molecule has 0 spiro atoms.